The fraction of sp³-hybridized carbons (Fsp3) is 0.700. The Balaban J connectivity index is 2.71. The Kier molecular flexibility index (Phi) is 4.47. The standard InChI is InChI=1S/C10H19N3OS/c1-7(2)15-6-8(11)10-9(14-4)5-12-13(10)3/h5,7-8H,6,11H2,1-4H3. The summed E-state index contributed by atoms with van der Waals surface area (Å²) in [5.41, 5.74) is 7.07. The second-order valence-electron chi connectivity index (χ2n) is 3.71. The monoisotopic (exact) mass is 229 g/mol. The normalized spacial score (nSPS) is 13.2. The highest BCUT2D eigenvalue weighted by Gasteiger charge is 2.17. The highest BCUT2D eigenvalue weighted by molar-refractivity contribution is 7.99. The molecule has 86 valence electrons. The van der Waals surface area contributed by atoms with Crippen molar-refractivity contribution in [1.29, 1.82) is 0 Å². The number of nitrogens with zero attached hydrogens (tertiary/aromatic N) is 2. The van der Waals surface area contributed by atoms with E-state index in [0.29, 0.717) is 5.25 Å². The molecule has 1 heterocycles. The van der Waals surface area contributed by atoms with Crippen LogP contribution in [0.25, 0.3) is 0 Å². The highest BCUT2D eigenvalue weighted by atomic mass is 32.2. The van der Waals surface area contributed by atoms with E-state index in [0.717, 1.165) is 17.2 Å². The first-order valence-electron chi connectivity index (χ1n) is 4.99. The lowest BCUT2D eigenvalue weighted by Crippen LogP contribution is -2.18. The minimum Gasteiger partial charge on any atom is -0.493 e. The first kappa shape index (κ1) is 12.4. The average molecular weight is 229 g/mol. The van der Waals surface area contributed by atoms with Crippen molar-refractivity contribution in [3.05, 3.63) is 11.9 Å². The van der Waals surface area contributed by atoms with E-state index < -0.39 is 0 Å². The van der Waals surface area contributed by atoms with Gasteiger partial charge in [0.05, 0.1) is 25.0 Å². The fourth-order valence-corrected chi connectivity index (χ4v) is 2.13. The number of hydrogen-bond donors (Lipinski definition) is 1. The SMILES string of the molecule is COc1cnn(C)c1C(N)CSC(C)C. The topological polar surface area (TPSA) is 53.1 Å². The molecule has 0 amide bonds. The van der Waals surface area contributed by atoms with Crippen molar-refractivity contribution in [2.24, 2.45) is 12.8 Å². The van der Waals surface area contributed by atoms with Gasteiger partial charge in [0.1, 0.15) is 0 Å². The zero-order valence-electron chi connectivity index (χ0n) is 9.73. The minimum atomic E-state index is -0.0279. The summed E-state index contributed by atoms with van der Waals surface area (Å²) in [6.07, 6.45) is 1.70. The number of thioether (sulfide) groups is 1. The van der Waals surface area contributed by atoms with E-state index in [1.807, 2.05) is 18.8 Å². The van der Waals surface area contributed by atoms with E-state index in [-0.39, 0.29) is 6.04 Å². The lowest BCUT2D eigenvalue weighted by atomic mass is 10.2. The number of hydrogen-bond acceptors (Lipinski definition) is 4. The van der Waals surface area contributed by atoms with Gasteiger partial charge in [-0.3, -0.25) is 4.68 Å². The maximum Gasteiger partial charge on any atom is 0.161 e. The molecule has 4 nitrogen and oxygen atoms in total. The van der Waals surface area contributed by atoms with Crippen LogP contribution in [0.3, 0.4) is 0 Å². The van der Waals surface area contributed by atoms with Crippen LogP contribution in [0.15, 0.2) is 6.20 Å². The molecule has 2 N–H and O–H groups in total. The Morgan fingerprint density at radius 2 is 2.27 bits per heavy atom. The van der Waals surface area contributed by atoms with Gasteiger partial charge in [0.15, 0.2) is 5.75 Å². The Morgan fingerprint density at radius 3 is 2.80 bits per heavy atom. The third kappa shape index (κ3) is 3.14. The summed E-state index contributed by atoms with van der Waals surface area (Å²) < 4.78 is 7.00. The maximum atomic E-state index is 6.10. The molecule has 1 aromatic heterocycles. The molecule has 1 aromatic rings. The van der Waals surface area contributed by atoms with Gasteiger partial charge in [0.2, 0.25) is 0 Å². The summed E-state index contributed by atoms with van der Waals surface area (Å²) in [5.74, 6) is 1.66. The zero-order chi connectivity index (χ0) is 11.4. The number of methoxy groups -OCH3 is 1. The number of nitrogens with two attached hydrogens (primary N) is 1. The van der Waals surface area contributed by atoms with Crippen molar-refractivity contribution in [2.45, 2.75) is 25.1 Å². The summed E-state index contributed by atoms with van der Waals surface area (Å²) in [6, 6.07) is -0.0279. The van der Waals surface area contributed by atoms with Gasteiger partial charge >= 0.3 is 0 Å². The predicted molar refractivity (Wildman–Crippen MR) is 64.3 cm³/mol. The second-order valence-corrected chi connectivity index (χ2v) is 5.32. The van der Waals surface area contributed by atoms with Gasteiger partial charge in [-0.2, -0.15) is 16.9 Å². The van der Waals surface area contributed by atoms with Crippen molar-refractivity contribution in [2.75, 3.05) is 12.9 Å². The summed E-state index contributed by atoms with van der Waals surface area (Å²) in [7, 11) is 3.53. The molecule has 0 saturated heterocycles. The van der Waals surface area contributed by atoms with Gasteiger partial charge in [-0.1, -0.05) is 13.8 Å². The van der Waals surface area contributed by atoms with Gasteiger partial charge in [-0.25, -0.2) is 0 Å². The third-order valence-corrected chi connectivity index (χ3v) is 3.35. The van der Waals surface area contributed by atoms with Crippen molar-refractivity contribution in [3.63, 3.8) is 0 Å². The van der Waals surface area contributed by atoms with Gasteiger partial charge in [-0.15, -0.1) is 0 Å². The van der Waals surface area contributed by atoms with Crippen molar-refractivity contribution < 1.29 is 4.74 Å². The average Bonchev–Trinajstić information content (AvgIpc) is 2.56. The van der Waals surface area contributed by atoms with E-state index in [4.69, 9.17) is 10.5 Å². The van der Waals surface area contributed by atoms with E-state index in [1.165, 1.54) is 0 Å². The lowest BCUT2D eigenvalue weighted by Gasteiger charge is -2.14. The molecule has 0 aromatic carbocycles. The van der Waals surface area contributed by atoms with Crippen LogP contribution < -0.4 is 10.5 Å². The molecule has 1 unspecified atom stereocenters. The summed E-state index contributed by atoms with van der Waals surface area (Å²) in [5, 5.41) is 4.73. The molecule has 0 spiro atoms. The number of rotatable bonds is 5. The molecule has 1 rings (SSSR count). The van der Waals surface area contributed by atoms with Gasteiger partial charge < -0.3 is 10.5 Å². The van der Waals surface area contributed by atoms with Crippen LogP contribution in [0, 0.1) is 0 Å². The highest BCUT2D eigenvalue weighted by Crippen LogP contribution is 2.26. The van der Waals surface area contributed by atoms with Crippen LogP contribution in [0.5, 0.6) is 5.75 Å². The molecule has 0 aliphatic carbocycles. The van der Waals surface area contributed by atoms with Crippen LogP contribution in [0.2, 0.25) is 0 Å². The number of aromatic nitrogens is 2. The van der Waals surface area contributed by atoms with E-state index in [1.54, 1.807) is 18.0 Å². The Hall–Kier alpha value is -0.680. The number of aryl methyl sites for hydroxylation is 1. The van der Waals surface area contributed by atoms with Crippen molar-refractivity contribution >= 4 is 11.8 Å². The first-order valence-corrected chi connectivity index (χ1v) is 6.04. The predicted octanol–water partition coefficient (Wildman–Crippen LogP) is 1.57. The largest absolute Gasteiger partial charge is 0.493 e. The molecule has 0 fully saturated rings. The third-order valence-electron chi connectivity index (χ3n) is 2.13. The molecule has 0 radical (unpaired) electrons. The van der Waals surface area contributed by atoms with E-state index >= 15 is 0 Å². The molecule has 5 heteroatoms. The fourth-order valence-electron chi connectivity index (χ4n) is 1.38. The Bertz CT molecular complexity index is 312. The lowest BCUT2D eigenvalue weighted by molar-refractivity contribution is 0.405. The summed E-state index contributed by atoms with van der Waals surface area (Å²) in [6.45, 7) is 4.33. The summed E-state index contributed by atoms with van der Waals surface area (Å²) in [4.78, 5) is 0. The Morgan fingerprint density at radius 1 is 1.60 bits per heavy atom. The van der Waals surface area contributed by atoms with Crippen LogP contribution >= 0.6 is 11.8 Å². The maximum absolute atomic E-state index is 6.10. The van der Waals surface area contributed by atoms with Crippen LogP contribution in [0.4, 0.5) is 0 Å². The van der Waals surface area contributed by atoms with E-state index in [9.17, 15) is 0 Å². The molecule has 0 aliphatic rings. The van der Waals surface area contributed by atoms with Gasteiger partial charge in [0.25, 0.3) is 0 Å². The smallest absolute Gasteiger partial charge is 0.161 e. The quantitative estimate of drug-likeness (QED) is 0.832. The molecule has 0 aliphatic heterocycles. The Labute approximate surface area is 95.2 Å². The zero-order valence-corrected chi connectivity index (χ0v) is 10.5. The van der Waals surface area contributed by atoms with Crippen molar-refractivity contribution in [3.8, 4) is 5.75 Å². The molecule has 15 heavy (non-hydrogen) atoms. The van der Waals surface area contributed by atoms with Crippen LogP contribution in [-0.2, 0) is 7.05 Å². The van der Waals surface area contributed by atoms with E-state index in [2.05, 4.69) is 18.9 Å². The number of ether oxygens (including phenoxy) is 1. The summed E-state index contributed by atoms with van der Waals surface area (Å²) >= 11 is 1.84. The van der Waals surface area contributed by atoms with Crippen LogP contribution in [-0.4, -0.2) is 27.9 Å². The molecular formula is C10H19N3OS. The molecule has 0 saturated carbocycles. The van der Waals surface area contributed by atoms with Crippen molar-refractivity contribution in [1.82, 2.24) is 9.78 Å². The van der Waals surface area contributed by atoms with Gasteiger partial charge in [0, 0.05) is 12.8 Å². The minimum absolute atomic E-state index is 0.0279. The second kappa shape index (κ2) is 5.42. The first-order chi connectivity index (χ1) is 7.06. The molecule has 0 bridgehead atoms. The molecular weight excluding hydrogens is 210 g/mol. The molecule has 1 atom stereocenters. The van der Waals surface area contributed by atoms with Gasteiger partial charge in [-0.05, 0) is 5.25 Å². The van der Waals surface area contributed by atoms with Crippen LogP contribution in [0.1, 0.15) is 25.6 Å².